The molecule has 1 rings (SSSR count). The van der Waals surface area contributed by atoms with E-state index in [0.29, 0.717) is 6.54 Å². The monoisotopic (exact) mass is 105 g/mol. The van der Waals surface area contributed by atoms with Crippen LogP contribution in [0.4, 0.5) is 4.39 Å². The van der Waals surface area contributed by atoms with Crippen LogP contribution in [0.25, 0.3) is 0 Å². The minimum Gasteiger partial charge on any atom is -0.251 e. The van der Waals surface area contributed by atoms with Crippen LogP contribution >= 0.6 is 11.8 Å². The molecular formula is C3H4FNS. The predicted octanol–water partition coefficient (Wildman–Crippen LogP) is 1.06. The maximum Gasteiger partial charge on any atom is 0.243 e. The van der Waals surface area contributed by atoms with Gasteiger partial charge in [-0.2, -0.15) is 4.39 Å². The largest absolute Gasteiger partial charge is 0.251 e. The molecule has 0 aliphatic carbocycles. The van der Waals surface area contributed by atoms with Gasteiger partial charge >= 0.3 is 0 Å². The first-order valence-corrected chi connectivity index (χ1v) is 2.71. The molecule has 0 amide bonds. The summed E-state index contributed by atoms with van der Waals surface area (Å²) in [6.45, 7) is 0.663. The SMILES string of the molecule is FC1=NCCS1. The zero-order valence-electron chi connectivity index (χ0n) is 3.15. The van der Waals surface area contributed by atoms with Crippen LogP contribution in [0.3, 0.4) is 0 Å². The first-order chi connectivity index (χ1) is 2.89. The highest BCUT2D eigenvalue weighted by atomic mass is 32.2. The van der Waals surface area contributed by atoms with Crippen molar-refractivity contribution in [2.75, 3.05) is 12.3 Å². The molecule has 0 fully saturated rings. The molecule has 1 aliphatic rings. The second-order valence-corrected chi connectivity index (χ2v) is 2.02. The van der Waals surface area contributed by atoms with E-state index in [-0.39, 0.29) is 5.30 Å². The number of thioether (sulfide) groups is 1. The Morgan fingerprint density at radius 3 is 2.83 bits per heavy atom. The van der Waals surface area contributed by atoms with Gasteiger partial charge in [0.05, 0.1) is 6.54 Å². The molecule has 0 saturated heterocycles. The van der Waals surface area contributed by atoms with Crippen molar-refractivity contribution in [1.29, 1.82) is 0 Å². The molecular weight excluding hydrogens is 101 g/mol. The van der Waals surface area contributed by atoms with Crippen molar-refractivity contribution in [3.05, 3.63) is 0 Å². The Morgan fingerprint density at radius 2 is 2.67 bits per heavy atom. The Hall–Kier alpha value is -0.0500. The summed E-state index contributed by atoms with van der Waals surface area (Å²) in [4.78, 5) is 3.45. The highest BCUT2D eigenvalue weighted by Crippen LogP contribution is 2.10. The number of hydrogen-bond acceptors (Lipinski definition) is 2. The van der Waals surface area contributed by atoms with Gasteiger partial charge in [0.1, 0.15) is 0 Å². The number of rotatable bonds is 0. The normalized spacial score (nSPS) is 21.2. The molecule has 1 nitrogen and oxygen atoms in total. The average molecular weight is 105 g/mol. The second-order valence-electron chi connectivity index (χ2n) is 0.983. The van der Waals surface area contributed by atoms with Gasteiger partial charge in [-0.05, 0) is 0 Å². The van der Waals surface area contributed by atoms with E-state index in [2.05, 4.69) is 4.99 Å². The minimum atomic E-state index is -0.255. The third-order valence-electron chi connectivity index (χ3n) is 0.549. The summed E-state index contributed by atoms with van der Waals surface area (Å²) in [6.07, 6.45) is 0. The van der Waals surface area contributed by atoms with Gasteiger partial charge in [0, 0.05) is 5.75 Å². The molecule has 34 valence electrons. The standard InChI is InChI=1S/C3H4FNS/c4-3-5-1-2-6-3/h1-2H2. The zero-order chi connectivity index (χ0) is 4.41. The van der Waals surface area contributed by atoms with Crippen LogP contribution in [0.15, 0.2) is 4.99 Å². The van der Waals surface area contributed by atoms with Gasteiger partial charge in [0.15, 0.2) is 0 Å². The van der Waals surface area contributed by atoms with Gasteiger partial charge in [-0.15, -0.1) is 0 Å². The van der Waals surface area contributed by atoms with Crippen LogP contribution in [0.5, 0.6) is 0 Å². The van der Waals surface area contributed by atoms with Crippen molar-refractivity contribution in [2.24, 2.45) is 4.99 Å². The zero-order valence-corrected chi connectivity index (χ0v) is 3.96. The van der Waals surface area contributed by atoms with Crippen LogP contribution < -0.4 is 0 Å². The molecule has 1 heterocycles. The van der Waals surface area contributed by atoms with Crippen molar-refractivity contribution < 1.29 is 4.39 Å². The lowest BCUT2D eigenvalue weighted by Crippen LogP contribution is -1.69. The van der Waals surface area contributed by atoms with E-state index >= 15 is 0 Å². The van der Waals surface area contributed by atoms with Crippen molar-refractivity contribution in [3.8, 4) is 0 Å². The summed E-state index contributed by atoms with van der Waals surface area (Å²) in [5.41, 5.74) is 0. The van der Waals surface area contributed by atoms with Gasteiger partial charge in [-0.25, -0.2) is 0 Å². The lowest BCUT2D eigenvalue weighted by atomic mass is 10.8. The Kier molecular flexibility index (Phi) is 1.10. The fourth-order valence-corrected chi connectivity index (χ4v) is 0.843. The van der Waals surface area contributed by atoms with Crippen molar-refractivity contribution in [2.45, 2.75) is 0 Å². The molecule has 0 atom stereocenters. The lowest BCUT2D eigenvalue weighted by molar-refractivity contribution is 0.826. The Bertz CT molecular complexity index is 80.9. The number of nitrogens with zero attached hydrogens (tertiary/aromatic N) is 1. The summed E-state index contributed by atoms with van der Waals surface area (Å²) < 4.78 is 11.6. The molecule has 3 heteroatoms. The third-order valence-corrected chi connectivity index (χ3v) is 1.30. The maximum absolute atomic E-state index is 11.6. The van der Waals surface area contributed by atoms with Crippen LogP contribution in [-0.2, 0) is 0 Å². The first kappa shape index (κ1) is 4.12. The van der Waals surface area contributed by atoms with E-state index < -0.39 is 0 Å². The minimum absolute atomic E-state index is 0.255. The van der Waals surface area contributed by atoms with E-state index in [4.69, 9.17) is 0 Å². The summed E-state index contributed by atoms with van der Waals surface area (Å²) in [5, 5.41) is -0.255. The lowest BCUT2D eigenvalue weighted by Gasteiger charge is -1.71. The van der Waals surface area contributed by atoms with Crippen molar-refractivity contribution >= 4 is 17.1 Å². The third kappa shape index (κ3) is 0.712. The topological polar surface area (TPSA) is 12.4 Å². The predicted molar refractivity (Wildman–Crippen MR) is 25.9 cm³/mol. The van der Waals surface area contributed by atoms with E-state index in [1.807, 2.05) is 0 Å². The molecule has 0 radical (unpaired) electrons. The van der Waals surface area contributed by atoms with Gasteiger partial charge in [0.25, 0.3) is 0 Å². The molecule has 0 spiro atoms. The smallest absolute Gasteiger partial charge is 0.243 e. The number of halogens is 1. The summed E-state index contributed by atoms with van der Waals surface area (Å²) >= 11 is 1.18. The van der Waals surface area contributed by atoms with Gasteiger partial charge in [-0.1, -0.05) is 11.8 Å². The molecule has 0 aromatic carbocycles. The van der Waals surface area contributed by atoms with Gasteiger partial charge in [0.2, 0.25) is 5.30 Å². The van der Waals surface area contributed by atoms with Crippen LogP contribution in [0.2, 0.25) is 0 Å². The van der Waals surface area contributed by atoms with E-state index in [9.17, 15) is 4.39 Å². The summed E-state index contributed by atoms with van der Waals surface area (Å²) in [7, 11) is 0. The van der Waals surface area contributed by atoms with Gasteiger partial charge in [-0.3, -0.25) is 4.99 Å². The molecule has 0 N–H and O–H groups in total. The van der Waals surface area contributed by atoms with Crippen molar-refractivity contribution in [1.82, 2.24) is 0 Å². The highest BCUT2D eigenvalue weighted by Gasteiger charge is 2.02. The average Bonchev–Trinajstić information content (AvgIpc) is 1.86. The van der Waals surface area contributed by atoms with Crippen LogP contribution in [0.1, 0.15) is 0 Å². The summed E-state index contributed by atoms with van der Waals surface area (Å²) in [6, 6.07) is 0. The van der Waals surface area contributed by atoms with E-state index in [1.54, 1.807) is 0 Å². The van der Waals surface area contributed by atoms with Gasteiger partial charge < -0.3 is 0 Å². The fourth-order valence-electron chi connectivity index (χ4n) is 0.309. The first-order valence-electron chi connectivity index (χ1n) is 1.72. The molecule has 0 unspecified atom stereocenters. The second kappa shape index (κ2) is 1.60. The quantitative estimate of drug-likeness (QED) is 0.448. The molecule has 0 bridgehead atoms. The van der Waals surface area contributed by atoms with E-state index in [0.717, 1.165) is 5.75 Å². The summed E-state index contributed by atoms with van der Waals surface area (Å²) in [5.74, 6) is 0.825. The fraction of sp³-hybridized carbons (Fsp3) is 0.667. The van der Waals surface area contributed by atoms with Crippen molar-refractivity contribution in [3.63, 3.8) is 0 Å². The van der Waals surface area contributed by atoms with Crippen LogP contribution in [-0.4, -0.2) is 17.6 Å². The highest BCUT2D eigenvalue weighted by molar-refractivity contribution is 8.13. The Labute approximate surface area is 39.6 Å². The van der Waals surface area contributed by atoms with E-state index in [1.165, 1.54) is 11.8 Å². The number of aliphatic imine (C=N–C) groups is 1. The van der Waals surface area contributed by atoms with Crippen LogP contribution in [0, 0.1) is 0 Å². The molecule has 0 aromatic rings. The molecule has 6 heavy (non-hydrogen) atoms. The Morgan fingerprint density at radius 1 is 1.83 bits per heavy atom. The molecule has 0 saturated carbocycles. The maximum atomic E-state index is 11.6. The molecule has 1 aliphatic heterocycles. The Balaban J connectivity index is 2.45. The molecule has 0 aromatic heterocycles. The number of hydrogen-bond donors (Lipinski definition) is 0.